The van der Waals surface area contributed by atoms with Gasteiger partial charge in [-0.3, -0.25) is 24.6 Å². The van der Waals surface area contributed by atoms with Crippen molar-refractivity contribution in [1.29, 1.82) is 0 Å². The van der Waals surface area contributed by atoms with Gasteiger partial charge in [-0.15, -0.1) is 0 Å². The number of anilines is 1. The fourth-order valence-corrected chi connectivity index (χ4v) is 5.81. The van der Waals surface area contributed by atoms with Crippen molar-refractivity contribution in [1.82, 2.24) is 15.1 Å². The number of carbonyl (C=O) groups is 3. The van der Waals surface area contributed by atoms with Crippen molar-refractivity contribution in [3.8, 4) is 0 Å². The minimum atomic E-state index is -0.305. The summed E-state index contributed by atoms with van der Waals surface area (Å²) in [6, 6.07) is 15.0. The fourth-order valence-electron chi connectivity index (χ4n) is 5.81. The maximum atomic E-state index is 13.1. The lowest BCUT2D eigenvalue weighted by atomic mass is 9.96. The number of hydrogen-bond donors (Lipinski definition) is 1. The molecule has 1 atom stereocenters. The van der Waals surface area contributed by atoms with Crippen molar-refractivity contribution >= 4 is 23.9 Å². The van der Waals surface area contributed by atoms with Crippen LogP contribution in [0.15, 0.2) is 42.5 Å². The number of amides is 3. The Bertz CT molecular complexity index is 1090. The van der Waals surface area contributed by atoms with E-state index in [0.29, 0.717) is 25.3 Å². The van der Waals surface area contributed by atoms with Gasteiger partial charge >= 0.3 is 0 Å². The predicted octanol–water partition coefficient (Wildman–Crippen LogP) is 3.32. The number of benzene rings is 2. The molecule has 7 heteroatoms. The second-order valence-electron chi connectivity index (χ2n) is 10.2. The molecule has 3 heterocycles. The van der Waals surface area contributed by atoms with E-state index in [0.717, 1.165) is 43.9 Å². The molecule has 5 rings (SSSR count). The summed E-state index contributed by atoms with van der Waals surface area (Å²) in [6.07, 6.45) is 3.61. The summed E-state index contributed by atoms with van der Waals surface area (Å²) >= 11 is 0. The van der Waals surface area contributed by atoms with Gasteiger partial charge in [0.05, 0.1) is 0 Å². The van der Waals surface area contributed by atoms with Crippen LogP contribution in [0.5, 0.6) is 0 Å². The van der Waals surface area contributed by atoms with Crippen LogP contribution >= 0.6 is 0 Å². The zero-order valence-corrected chi connectivity index (χ0v) is 20.4. The van der Waals surface area contributed by atoms with E-state index in [-0.39, 0.29) is 24.3 Å². The standard InChI is InChI=1S/C28H34N4O3/c1-20(7-8-27(34)29-19-33)32-18-24-13-22-16-30(17-23(22)14-26(24)28(32)35)15-21-9-11-31(12-10-21)25-5-3-2-4-6-25/h2-6,13-14,19-21H,7-12,15-18H2,1H3,(H,29,33,34). The number of para-hydroxylation sites is 1. The molecule has 7 nitrogen and oxygen atoms in total. The average Bonchev–Trinajstić information content (AvgIpc) is 3.41. The molecule has 0 bridgehead atoms. The van der Waals surface area contributed by atoms with Gasteiger partial charge in [0.2, 0.25) is 12.3 Å². The van der Waals surface area contributed by atoms with Gasteiger partial charge in [0, 0.05) is 63.0 Å². The lowest BCUT2D eigenvalue weighted by Gasteiger charge is -2.35. The van der Waals surface area contributed by atoms with Gasteiger partial charge in [-0.05, 0) is 67.0 Å². The number of nitrogens with zero attached hydrogens (tertiary/aromatic N) is 3. The topological polar surface area (TPSA) is 73.0 Å². The summed E-state index contributed by atoms with van der Waals surface area (Å²) < 4.78 is 0. The minimum absolute atomic E-state index is 0.0535. The first-order valence-electron chi connectivity index (χ1n) is 12.7. The number of imide groups is 1. The van der Waals surface area contributed by atoms with E-state index in [2.05, 4.69) is 57.6 Å². The third-order valence-corrected chi connectivity index (χ3v) is 7.84. The largest absolute Gasteiger partial charge is 0.372 e. The van der Waals surface area contributed by atoms with E-state index in [1.807, 2.05) is 11.8 Å². The molecule has 3 aliphatic heterocycles. The number of nitrogens with one attached hydrogen (secondary N) is 1. The summed E-state index contributed by atoms with van der Waals surface area (Å²) in [4.78, 5) is 42.0. The third-order valence-electron chi connectivity index (χ3n) is 7.84. The summed E-state index contributed by atoms with van der Waals surface area (Å²) in [5, 5.41) is 2.16. The molecule has 0 saturated carbocycles. The number of rotatable bonds is 8. The van der Waals surface area contributed by atoms with Crippen LogP contribution in [-0.2, 0) is 29.2 Å². The highest BCUT2D eigenvalue weighted by Crippen LogP contribution is 2.34. The highest BCUT2D eigenvalue weighted by molar-refractivity contribution is 5.99. The van der Waals surface area contributed by atoms with Gasteiger partial charge in [0.25, 0.3) is 5.91 Å². The van der Waals surface area contributed by atoms with E-state index < -0.39 is 0 Å². The summed E-state index contributed by atoms with van der Waals surface area (Å²) in [5.41, 5.74) is 5.85. The first-order valence-corrected chi connectivity index (χ1v) is 12.7. The molecule has 184 valence electrons. The van der Waals surface area contributed by atoms with Crippen molar-refractivity contribution in [2.24, 2.45) is 5.92 Å². The van der Waals surface area contributed by atoms with Gasteiger partial charge in [-0.2, -0.15) is 0 Å². The third kappa shape index (κ3) is 5.10. The second-order valence-corrected chi connectivity index (χ2v) is 10.2. The lowest BCUT2D eigenvalue weighted by Crippen LogP contribution is -2.37. The molecule has 1 fully saturated rings. The molecular formula is C28H34N4O3. The number of carbonyl (C=O) groups excluding carboxylic acids is 3. The Morgan fingerprint density at radius 1 is 1.06 bits per heavy atom. The number of hydrogen-bond acceptors (Lipinski definition) is 5. The second kappa shape index (κ2) is 10.2. The molecule has 3 amide bonds. The molecule has 2 aromatic carbocycles. The van der Waals surface area contributed by atoms with Crippen molar-refractivity contribution in [2.75, 3.05) is 24.5 Å². The highest BCUT2D eigenvalue weighted by atomic mass is 16.2. The molecule has 1 unspecified atom stereocenters. The van der Waals surface area contributed by atoms with Crippen molar-refractivity contribution < 1.29 is 14.4 Å². The normalized spacial score (nSPS) is 18.9. The average molecular weight is 475 g/mol. The van der Waals surface area contributed by atoms with Crippen LogP contribution in [0.1, 0.15) is 59.7 Å². The molecule has 0 aliphatic carbocycles. The van der Waals surface area contributed by atoms with E-state index in [9.17, 15) is 14.4 Å². The Balaban J connectivity index is 1.14. The van der Waals surface area contributed by atoms with Crippen LogP contribution in [0.25, 0.3) is 0 Å². The Morgan fingerprint density at radius 3 is 2.49 bits per heavy atom. The fraction of sp³-hybridized carbons (Fsp3) is 0.464. The molecule has 35 heavy (non-hydrogen) atoms. The quantitative estimate of drug-likeness (QED) is 0.595. The zero-order chi connectivity index (χ0) is 24.4. The Morgan fingerprint density at radius 2 is 1.77 bits per heavy atom. The Hall–Kier alpha value is -3.19. The van der Waals surface area contributed by atoms with E-state index in [1.54, 1.807) is 0 Å². The van der Waals surface area contributed by atoms with Crippen LogP contribution in [0.2, 0.25) is 0 Å². The zero-order valence-electron chi connectivity index (χ0n) is 20.4. The van der Waals surface area contributed by atoms with Crippen LogP contribution in [0, 0.1) is 5.92 Å². The molecule has 1 saturated heterocycles. The van der Waals surface area contributed by atoms with Gasteiger partial charge in [-0.1, -0.05) is 24.3 Å². The number of fused-ring (bicyclic) bond motifs is 2. The van der Waals surface area contributed by atoms with E-state index in [4.69, 9.17) is 0 Å². The van der Waals surface area contributed by atoms with E-state index >= 15 is 0 Å². The summed E-state index contributed by atoms with van der Waals surface area (Å²) in [5.74, 6) is 0.462. The van der Waals surface area contributed by atoms with Gasteiger partial charge in [0.15, 0.2) is 0 Å². The Labute approximate surface area is 207 Å². The summed E-state index contributed by atoms with van der Waals surface area (Å²) in [6.45, 7) is 7.77. The maximum absolute atomic E-state index is 13.1. The van der Waals surface area contributed by atoms with Gasteiger partial charge < -0.3 is 9.80 Å². The highest BCUT2D eigenvalue weighted by Gasteiger charge is 2.34. The molecule has 0 spiro atoms. The molecule has 3 aliphatic rings. The van der Waals surface area contributed by atoms with Crippen LogP contribution in [0.4, 0.5) is 5.69 Å². The molecule has 0 aromatic heterocycles. The van der Waals surface area contributed by atoms with Crippen LogP contribution < -0.4 is 10.2 Å². The van der Waals surface area contributed by atoms with Crippen LogP contribution in [0.3, 0.4) is 0 Å². The molecule has 1 N–H and O–H groups in total. The first-order chi connectivity index (χ1) is 17.0. The monoisotopic (exact) mass is 474 g/mol. The summed E-state index contributed by atoms with van der Waals surface area (Å²) in [7, 11) is 0. The SMILES string of the molecule is CC(CCC(=O)NC=O)N1Cc2cc3c(cc2C1=O)CN(CC1CCN(c2ccccc2)CC1)C3. The lowest BCUT2D eigenvalue weighted by molar-refractivity contribution is -0.125. The maximum Gasteiger partial charge on any atom is 0.254 e. The Kier molecular flexibility index (Phi) is 6.86. The van der Waals surface area contributed by atoms with Gasteiger partial charge in [-0.25, -0.2) is 0 Å². The van der Waals surface area contributed by atoms with Crippen molar-refractivity contribution in [2.45, 2.75) is 58.3 Å². The van der Waals surface area contributed by atoms with Crippen LogP contribution in [-0.4, -0.2) is 53.7 Å². The molecular weight excluding hydrogens is 440 g/mol. The minimum Gasteiger partial charge on any atom is -0.372 e. The predicted molar refractivity (Wildman–Crippen MR) is 135 cm³/mol. The van der Waals surface area contributed by atoms with Crippen molar-refractivity contribution in [3.05, 3.63) is 64.7 Å². The molecule has 0 radical (unpaired) electrons. The smallest absolute Gasteiger partial charge is 0.254 e. The molecule has 2 aromatic rings. The van der Waals surface area contributed by atoms with Gasteiger partial charge in [0.1, 0.15) is 0 Å². The van der Waals surface area contributed by atoms with Crippen molar-refractivity contribution in [3.63, 3.8) is 0 Å². The number of piperidine rings is 1. The van der Waals surface area contributed by atoms with E-state index in [1.165, 1.54) is 29.7 Å². The first kappa shape index (κ1) is 23.5.